The molecule has 1 aromatic carbocycles. The van der Waals surface area contributed by atoms with E-state index in [0.29, 0.717) is 11.1 Å². The smallest absolute Gasteiger partial charge is 0.273 e. The Balaban J connectivity index is 2.63. The first-order chi connectivity index (χ1) is 8.79. The van der Waals surface area contributed by atoms with Crippen LogP contribution in [0.25, 0.3) is 11.1 Å². The SMILES string of the molecule is Cn1cc(-c2cccc(S(C)(=O)=O)c2)cc(N)c1=O. The highest BCUT2D eigenvalue weighted by Gasteiger charge is 2.09. The second-order valence-electron chi connectivity index (χ2n) is 4.40. The van der Waals surface area contributed by atoms with Gasteiger partial charge in [0.1, 0.15) is 0 Å². The number of anilines is 1. The quantitative estimate of drug-likeness (QED) is 0.889. The molecule has 0 fully saturated rings. The van der Waals surface area contributed by atoms with Crippen molar-refractivity contribution in [3.63, 3.8) is 0 Å². The highest BCUT2D eigenvalue weighted by molar-refractivity contribution is 7.90. The molecular weight excluding hydrogens is 264 g/mol. The van der Waals surface area contributed by atoms with Crippen LogP contribution in [-0.4, -0.2) is 19.2 Å². The number of sulfone groups is 1. The molecule has 0 aliphatic heterocycles. The minimum absolute atomic E-state index is 0.129. The third-order valence-corrected chi connectivity index (χ3v) is 3.92. The van der Waals surface area contributed by atoms with Crippen LogP contribution < -0.4 is 11.3 Å². The zero-order valence-electron chi connectivity index (χ0n) is 10.6. The average Bonchev–Trinajstić information content (AvgIpc) is 2.34. The predicted molar refractivity (Wildman–Crippen MR) is 74.6 cm³/mol. The number of aromatic nitrogens is 1. The lowest BCUT2D eigenvalue weighted by Crippen LogP contribution is -2.19. The average molecular weight is 278 g/mol. The summed E-state index contributed by atoms with van der Waals surface area (Å²) in [5, 5.41) is 0. The zero-order chi connectivity index (χ0) is 14.2. The summed E-state index contributed by atoms with van der Waals surface area (Å²) in [6.45, 7) is 0. The molecule has 6 heteroatoms. The molecule has 2 aromatic rings. The van der Waals surface area contributed by atoms with Crippen molar-refractivity contribution < 1.29 is 8.42 Å². The van der Waals surface area contributed by atoms with E-state index in [9.17, 15) is 13.2 Å². The van der Waals surface area contributed by atoms with Gasteiger partial charge in [0, 0.05) is 25.1 Å². The van der Waals surface area contributed by atoms with Gasteiger partial charge < -0.3 is 10.3 Å². The minimum Gasteiger partial charge on any atom is -0.394 e. The Hall–Kier alpha value is -2.08. The van der Waals surface area contributed by atoms with Crippen molar-refractivity contribution in [3.05, 3.63) is 46.9 Å². The first-order valence-corrected chi connectivity index (χ1v) is 7.45. The lowest BCUT2D eigenvalue weighted by molar-refractivity contribution is 0.602. The lowest BCUT2D eigenvalue weighted by Gasteiger charge is -2.07. The molecule has 0 amide bonds. The van der Waals surface area contributed by atoms with Crippen molar-refractivity contribution in [2.75, 3.05) is 12.0 Å². The Labute approximate surface area is 111 Å². The summed E-state index contributed by atoms with van der Waals surface area (Å²) in [5.41, 5.74) is 6.88. The van der Waals surface area contributed by atoms with Crippen LogP contribution in [0.5, 0.6) is 0 Å². The number of benzene rings is 1. The van der Waals surface area contributed by atoms with E-state index in [4.69, 9.17) is 5.73 Å². The van der Waals surface area contributed by atoms with Gasteiger partial charge >= 0.3 is 0 Å². The van der Waals surface area contributed by atoms with Crippen LogP contribution >= 0.6 is 0 Å². The highest BCUT2D eigenvalue weighted by atomic mass is 32.2. The first-order valence-electron chi connectivity index (χ1n) is 5.55. The standard InChI is InChI=1S/C13H14N2O3S/c1-15-8-10(7-12(14)13(15)16)9-4-3-5-11(6-9)19(2,17)18/h3-8H,14H2,1-2H3. The van der Waals surface area contributed by atoms with Crippen LogP contribution in [0.2, 0.25) is 0 Å². The molecule has 0 spiro atoms. The highest BCUT2D eigenvalue weighted by Crippen LogP contribution is 2.22. The summed E-state index contributed by atoms with van der Waals surface area (Å²) < 4.78 is 24.4. The normalized spacial score (nSPS) is 11.5. The van der Waals surface area contributed by atoms with Crippen LogP contribution in [0.3, 0.4) is 0 Å². The van der Waals surface area contributed by atoms with E-state index < -0.39 is 9.84 Å². The van der Waals surface area contributed by atoms with Gasteiger partial charge in [-0.05, 0) is 23.8 Å². The molecule has 19 heavy (non-hydrogen) atoms. The monoisotopic (exact) mass is 278 g/mol. The Morgan fingerprint density at radius 2 is 1.84 bits per heavy atom. The second-order valence-corrected chi connectivity index (χ2v) is 6.42. The molecule has 0 bridgehead atoms. The predicted octanol–water partition coefficient (Wildman–Crippen LogP) is 1.04. The number of hydrogen-bond donors (Lipinski definition) is 1. The fraction of sp³-hybridized carbons (Fsp3) is 0.154. The first kappa shape index (κ1) is 13.4. The molecule has 1 aromatic heterocycles. The molecule has 0 aliphatic carbocycles. The molecule has 0 radical (unpaired) electrons. The Morgan fingerprint density at radius 1 is 1.16 bits per heavy atom. The topological polar surface area (TPSA) is 82.2 Å². The fourth-order valence-corrected chi connectivity index (χ4v) is 2.47. The van der Waals surface area contributed by atoms with Gasteiger partial charge in [-0.1, -0.05) is 12.1 Å². The van der Waals surface area contributed by atoms with E-state index in [1.165, 1.54) is 10.6 Å². The molecule has 0 saturated heterocycles. The van der Waals surface area contributed by atoms with Crippen molar-refractivity contribution in [3.8, 4) is 11.1 Å². The molecular formula is C13H14N2O3S. The number of pyridine rings is 1. The van der Waals surface area contributed by atoms with Crippen molar-refractivity contribution in [2.45, 2.75) is 4.90 Å². The molecule has 0 saturated carbocycles. The molecule has 0 atom stereocenters. The van der Waals surface area contributed by atoms with Gasteiger partial charge in [0.05, 0.1) is 10.6 Å². The number of nitrogens with two attached hydrogens (primary N) is 1. The maximum Gasteiger partial charge on any atom is 0.273 e. The van der Waals surface area contributed by atoms with E-state index in [1.54, 1.807) is 37.5 Å². The number of nitrogens with zero attached hydrogens (tertiary/aromatic N) is 1. The Kier molecular flexibility index (Phi) is 3.20. The summed E-state index contributed by atoms with van der Waals surface area (Å²) in [7, 11) is -1.66. The van der Waals surface area contributed by atoms with E-state index in [1.807, 2.05) is 0 Å². The van der Waals surface area contributed by atoms with Gasteiger partial charge in [0.2, 0.25) is 0 Å². The van der Waals surface area contributed by atoms with Crippen molar-refractivity contribution in [2.24, 2.45) is 7.05 Å². The van der Waals surface area contributed by atoms with Crippen LogP contribution in [-0.2, 0) is 16.9 Å². The molecule has 2 N–H and O–H groups in total. The molecule has 1 heterocycles. The van der Waals surface area contributed by atoms with Gasteiger partial charge in [-0.15, -0.1) is 0 Å². The van der Waals surface area contributed by atoms with Crippen LogP contribution in [0.4, 0.5) is 5.69 Å². The number of hydrogen-bond acceptors (Lipinski definition) is 4. The molecule has 0 unspecified atom stereocenters. The summed E-state index contributed by atoms with van der Waals surface area (Å²) in [4.78, 5) is 11.8. The van der Waals surface area contributed by atoms with E-state index in [0.717, 1.165) is 6.26 Å². The van der Waals surface area contributed by atoms with E-state index in [2.05, 4.69) is 0 Å². The summed E-state index contributed by atoms with van der Waals surface area (Å²) in [6, 6.07) is 8.07. The van der Waals surface area contributed by atoms with Gasteiger partial charge in [0.25, 0.3) is 5.56 Å². The maximum atomic E-state index is 11.5. The van der Waals surface area contributed by atoms with Gasteiger partial charge in [0.15, 0.2) is 9.84 Å². The molecule has 100 valence electrons. The molecule has 0 aliphatic rings. The van der Waals surface area contributed by atoms with Crippen molar-refractivity contribution in [1.82, 2.24) is 4.57 Å². The van der Waals surface area contributed by atoms with Crippen molar-refractivity contribution >= 4 is 15.5 Å². The fourth-order valence-electron chi connectivity index (χ4n) is 1.80. The molecule has 5 nitrogen and oxygen atoms in total. The van der Waals surface area contributed by atoms with E-state index in [-0.39, 0.29) is 16.1 Å². The second kappa shape index (κ2) is 4.55. The number of rotatable bonds is 2. The van der Waals surface area contributed by atoms with Crippen molar-refractivity contribution in [1.29, 1.82) is 0 Å². The van der Waals surface area contributed by atoms with Crippen LogP contribution in [0.1, 0.15) is 0 Å². The summed E-state index contributed by atoms with van der Waals surface area (Å²) >= 11 is 0. The summed E-state index contributed by atoms with van der Waals surface area (Å²) in [5.74, 6) is 0. The number of aryl methyl sites for hydroxylation is 1. The van der Waals surface area contributed by atoms with Gasteiger partial charge in [-0.2, -0.15) is 0 Å². The zero-order valence-corrected chi connectivity index (χ0v) is 11.4. The third-order valence-electron chi connectivity index (χ3n) is 2.81. The van der Waals surface area contributed by atoms with E-state index >= 15 is 0 Å². The van der Waals surface area contributed by atoms with Gasteiger partial charge in [-0.25, -0.2) is 8.42 Å². The molecule has 2 rings (SSSR count). The minimum atomic E-state index is -3.26. The van der Waals surface area contributed by atoms with Crippen LogP contribution in [0, 0.1) is 0 Å². The largest absolute Gasteiger partial charge is 0.394 e. The Bertz CT molecular complexity index is 766. The third kappa shape index (κ3) is 2.68. The van der Waals surface area contributed by atoms with Crippen LogP contribution in [0.15, 0.2) is 46.2 Å². The number of nitrogen functional groups attached to an aromatic ring is 1. The maximum absolute atomic E-state index is 11.5. The Morgan fingerprint density at radius 3 is 2.42 bits per heavy atom. The summed E-state index contributed by atoms with van der Waals surface area (Å²) in [6.07, 6.45) is 2.78. The van der Waals surface area contributed by atoms with Gasteiger partial charge in [-0.3, -0.25) is 4.79 Å². The lowest BCUT2D eigenvalue weighted by atomic mass is 10.1.